The molecule has 20 heavy (non-hydrogen) atoms. The predicted octanol–water partition coefficient (Wildman–Crippen LogP) is 3.88. The van der Waals surface area contributed by atoms with Crippen molar-refractivity contribution in [2.45, 2.75) is 57.6 Å². The van der Waals surface area contributed by atoms with Crippen molar-refractivity contribution in [2.24, 2.45) is 5.73 Å². The quantitative estimate of drug-likeness (QED) is 0.835. The summed E-state index contributed by atoms with van der Waals surface area (Å²) in [6.45, 7) is 4.40. The molecule has 0 aliphatic carbocycles. The fourth-order valence-corrected chi connectivity index (χ4v) is 2.11. The lowest BCUT2D eigenvalue weighted by Gasteiger charge is -2.33. The highest BCUT2D eigenvalue weighted by molar-refractivity contribution is 5.32. The molecule has 0 bridgehead atoms. The lowest BCUT2D eigenvalue weighted by atomic mass is 9.86. The minimum absolute atomic E-state index is 0.0217. The summed E-state index contributed by atoms with van der Waals surface area (Å²) in [5.74, 6) is -4.71. The topological polar surface area (TPSA) is 46.2 Å². The fourth-order valence-electron chi connectivity index (χ4n) is 2.11. The zero-order valence-corrected chi connectivity index (χ0v) is 12.1. The van der Waals surface area contributed by atoms with E-state index < -0.39 is 28.9 Å². The van der Waals surface area contributed by atoms with Gasteiger partial charge in [0.1, 0.15) is 11.4 Å². The summed E-state index contributed by atoms with van der Waals surface area (Å²) in [6.07, 6.45) is 1.02. The molecule has 0 spiro atoms. The Morgan fingerprint density at radius 2 is 1.95 bits per heavy atom. The molecule has 2 nitrogen and oxygen atoms in total. The molecule has 2 atom stereocenters. The highest BCUT2D eigenvalue weighted by atomic mass is 19.3. The van der Waals surface area contributed by atoms with Crippen molar-refractivity contribution in [3.63, 3.8) is 0 Å². The van der Waals surface area contributed by atoms with Gasteiger partial charge in [0.2, 0.25) is 0 Å². The van der Waals surface area contributed by atoms with Gasteiger partial charge in [-0.25, -0.2) is 4.39 Å². The summed E-state index contributed by atoms with van der Waals surface area (Å²) in [4.78, 5) is 0. The SMILES string of the molecule is CCCCC(C)(O)C(F)(F)c1cccc(C(C)N)c1F. The van der Waals surface area contributed by atoms with E-state index in [1.54, 1.807) is 0 Å². The Hall–Kier alpha value is -1.07. The molecule has 3 N–H and O–H groups in total. The van der Waals surface area contributed by atoms with Crippen LogP contribution in [0.4, 0.5) is 13.2 Å². The van der Waals surface area contributed by atoms with Gasteiger partial charge in [0.05, 0.1) is 5.56 Å². The van der Waals surface area contributed by atoms with Crippen molar-refractivity contribution in [1.82, 2.24) is 0 Å². The zero-order valence-electron chi connectivity index (χ0n) is 12.1. The van der Waals surface area contributed by atoms with Crippen LogP contribution in [0.1, 0.15) is 57.2 Å². The third-order valence-electron chi connectivity index (χ3n) is 3.55. The maximum Gasteiger partial charge on any atom is 0.303 e. The molecule has 2 unspecified atom stereocenters. The van der Waals surface area contributed by atoms with Crippen molar-refractivity contribution in [1.29, 1.82) is 0 Å². The minimum atomic E-state index is -3.67. The van der Waals surface area contributed by atoms with Gasteiger partial charge in [-0.3, -0.25) is 0 Å². The molecule has 0 aromatic heterocycles. The highest BCUT2D eigenvalue weighted by Gasteiger charge is 2.51. The average Bonchev–Trinajstić information content (AvgIpc) is 2.35. The van der Waals surface area contributed by atoms with E-state index >= 15 is 0 Å². The molecule has 0 aliphatic rings. The molecule has 5 heteroatoms. The van der Waals surface area contributed by atoms with Crippen molar-refractivity contribution < 1.29 is 18.3 Å². The van der Waals surface area contributed by atoms with E-state index in [0.29, 0.717) is 12.8 Å². The maximum absolute atomic E-state index is 14.4. The minimum Gasteiger partial charge on any atom is -0.384 e. The Balaban J connectivity index is 3.24. The Bertz CT molecular complexity index is 458. The van der Waals surface area contributed by atoms with Crippen molar-refractivity contribution in [3.8, 4) is 0 Å². The predicted molar refractivity (Wildman–Crippen MR) is 73.0 cm³/mol. The molecule has 1 rings (SSSR count). The van der Waals surface area contributed by atoms with Crippen LogP contribution >= 0.6 is 0 Å². The maximum atomic E-state index is 14.4. The summed E-state index contributed by atoms with van der Waals surface area (Å²) < 4.78 is 43.1. The number of alkyl halides is 2. The van der Waals surface area contributed by atoms with Gasteiger partial charge >= 0.3 is 5.92 Å². The summed E-state index contributed by atoms with van der Waals surface area (Å²) in [5, 5.41) is 10.0. The Morgan fingerprint density at radius 1 is 1.35 bits per heavy atom. The summed E-state index contributed by atoms with van der Waals surface area (Å²) >= 11 is 0. The van der Waals surface area contributed by atoms with Gasteiger partial charge in [-0.15, -0.1) is 0 Å². The molecule has 1 aromatic rings. The lowest BCUT2D eigenvalue weighted by molar-refractivity contribution is -0.184. The molecule has 0 saturated heterocycles. The standard InChI is InChI=1S/C15H22F3NO/c1-4-5-9-14(3,20)15(17,18)12-8-6-7-11(10(2)19)13(12)16/h6-8,10,20H,4-5,9,19H2,1-3H3. The fraction of sp³-hybridized carbons (Fsp3) is 0.600. The molecule has 0 aliphatic heterocycles. The Morgan fingerprint density at radius 3 is 2.45 bits per heavy atom. The van der Waals surface area contributed by atoms with Gasteiger partial charge in [0.25, 0.3) is 0 Å². The van der Waals surface area contributed by atoms with E-state index in [0.717, 1.165) is 13.0 Å². The summed E-state index contributed by atoms with van der Waals surface area (Å²) in [5.41, 5.74) is 2.50. The second-order valence-electron chi connectivity index (χ2n) is 5.45. The van der Waals surface area contributed by atoms with Gasteiger partial charge in [-0.2, -0.15) is 8.78 Å². The second-order valence-corrected chi connectivity index (χ2v) is 5.45. The van der Waals surface area contributed by atoms with Crippen LogP contribution in [-0.2, 0) is 5.92 Å². The number of rotatable bonds is 6. The first-order chi connectivity index (χ1) is 9.15. The van der Waals surface area contributed by atoms with Crippen LogP contribution in [0, 0.1) is 5.82 Å². The van der Waals surface area contributed by atoms with Crippen LogP contribution < -0.4 is 5.73 Å². The number of hydrogen-bond donors (Lipinski definition) is 2. The first-order valence-electron chi connectivity index (χ1n) is 6.79. The molecule has 1 aromatic carbocycles. The van der Waals surface area contributed by atoms with Crippen LogP contribution in [0.15, 0.2) is 18.2 Å². The van der Waals surface area contributed by atoms with Crippen LogP contribution in [0.5, 0.6) is 0 Å². The summed E-state index contributed by atoms with van der Waals surface area (Å²) in [6, 6.07) is 3.02. The van der Waals surface area contributed by atoms with Crippen LogP contribution in [0.25, 0.3) is 0 Å². The molecule has 0 radical (unpaired) electrons. The molecular formula is C15H22F3NO. The highest BCUT2D eigenvalue weighted by Crippen LogP contribution is 2.43. The number of hydrogen-bond acceptors (Lipinski definition) is 2. The number of aliphatic hydroxyl groups is 1. The van der Waals surface area contributed by atoms with Gasteiger partial charge in [-0.1, -0.05) is 31.9 Å². The van der Waals surface area contributed by atoms with Crippen molar-refractivity contribution in [2.75, 3.05) is 0 Å². The van der Waals surface area contributed by atoms with Crippen molar-refractivity contribution in [3.05, 3.63) is 35.1 Å². The van der Waals surface area contributed by atoms with E-state index in [1.165, 1.54) is 19.1 Å². The van der Waals surface area contributed by atoms with E-state index in [9.17, 15) is 18.3 Å². The third kappa shape index (κ3) is 3.15. The van der Waals surface area contributed by atoms with Gasteiger partial charge in [0, 0.05) is 11.6 Å². The van der Waals surface area contributed by atoms with E-state index in [1.807, 2.05) is 6.92 Å². The second kappa shape index (κ2) is 6.14. The van der Waals surface area contributed by atoms with Crippen LogP contribution in [0.2, 0.25) is 0 Å². The van der Waals surface area contributed by atoms with E-state index in [2.05, 4.69) is 0 Å². The Kier molecular flexibility index (Phi) is 5.21. The van der Waals surface area contributed by atoms with Crippen molar-refractivity contribution >= 4 is 0 Å². The largest absolute Gasteiger partial charge is 0.384 e. The van der Waals surface area contributed by atoms with Gasteiger partial charge in [-0.05, 0) is 26.3 Å². The van der Waals surface area contributed by atoms with Crippen LogP contribution in [0.3, 0.4) is 0 Å². The molecule has 0 saturated carbocycles. The zero-order chi connectivity index (χ0) is 15.6. The Labute approximate surface area is 117 Å². The number of nitrogens with two attached hydrogens (primary N) is 1. The van der Waals surface area contributed by atoms with Crippen LogP contribution in [-0.4, -0.2) is 10.7 Å². The molecule has 0 heterocycles. The number of halogens is 3. The molecule has 0 fully saturated rings. The molecule has 0 amide bonds. The van der Waals surface area contributed by atoms with Gasteiger partial charge in [0.15, 0.2) is 0 Å². The first kappa shape index (κ1) is 17.0. The smallest absolute Gasteiger partial charge is 0.303 e. The van der Waals surface area contributed by atoms with E-state index in [4.69, 9.17) is 5.73 Å². The first-order valence-corrected chi connectivity index (χ1v) is 6.79. The van der Waals surface area contributed by atoms with Gasteiger partial charge < -0.3 is 10.8 Å². The normalized spacial score (nSPS) is 16.8. The average molecular weight is 289 g/mol. The molecular weight excluding hydrogens is 267 g/mol. The third-order valence-corrected chi connectivity index (χ3v) is 3.55. The number of benzene rings is 1. The monoisotopic (exact) mass is 289 g/mol. The molecule has 114 valence electrons. The number of unbranched alkanes of at least 4 members (excludes halogenated alkanes) is 1. The summed E-state index contributed by atoms with van der Waals surface area (Å²) in [7, 11) is 0. The lowest BCUT2D eigenvalue weighted by Crippen LogP contribution is -2.44. The van der Waals surface area contributed by atoms with E-state index in [-0.39, 0.29) is 12.0 Å².